The normalized spacial score (nSPS) is 24.4. The van der Waals surface area contributed by atoms with Crippen LogP contribution in [0.1, 0.15) is 26.2 Å². The molecule has 0 spiro atoms. The third kappa shape index (κ3) is 4.47. The van der Waals surface area contributed by atoms with E-state index in [9.17, 15) is 5.11 Å². The van der Waals surface area contributed by atoms with Crippen LogP contribution in [0.3, 0.4) is 0 Å². The lowest BCUT2D eigenvalue weighted by molar-refractivity contribution is 0.0396. The Kier molecular flexibility index (Phi) is 6.17. The van der Waals surface area contributed by atoms with Crippen molar-refractivity contribution in [2.45, 2.75) is 38.3 Å². The summed E-state index contributed by atoms with van der Waals surface area (Å²) in [4.78, 5) is 2.30. The van der Waals surface area contributed by atoms with Gasteiger partial charge < -0.3 is 15.5 Å². The lowest BCUT2D eigenvalue weighted by Gasteiger charge is -2.35. The minimum atomic E-state index is -0.599. The summed E-state index contributed by atoms with van der Waals surface area (Å²) in [6, 6.07) is 0.528. The van der Waals surface area contributed by atoms with Gasteiger partial charge in [0.25, 0.3) is 0 Å². The molecule has 4 heteroatoms. The Morgan fingerprint density at radius 1 is 1.53 bits per heavy atom. The fraction of sp³-hybridized carbons (Fsp3) is 1.00. The monoisotopic (exact) mass is 216 g/mol. The predicted molar refractivity (Wildman–Crippen MR) is 60.8 cm³/mol. The molecule has 1 heterocycles. The second-order valence-corrected chi connectivity index (χ2v) is 4.33. The number of aliphatic hydroxyl groups excluding tert-OH is 2. The van der Waals surface area contributed by atoms with Gasteiger partial charge in [0.2, 0.25) is 0 Å². The van der Waals surface area contributed by atoms with E-state index in [4.69, 9.17) is 5.11 Å². The molecule has 1 aliphatic rings. The van der Waals surface area contributed by atoms with Gasteiger partial charge in [-0.15, -0.1) is 0 Å². The number of hydrogen-bond donors (Lipinski definition) is 3. The number of rotatable bonds is 6. The van der Waals surface area contributed by atoms with Gasteiger partial charge in [0.15, 0.2) is 0 Å². The van der Waals surface area contributed by atoms with Gasteiger partial charge in [-0.2, -0.15) is 0 Å². The minimum Gasteiger partial charge on any atom is -0.394 e. The van der Waals surface area contributed by atoms with Crippen LogP contribution in [0.5, 0.6) is 0 Å². The molecule has 1 aliphatic heterocycles. The number of aliphatic hydroxyl groups is 2. The van der Waals surface area contributed by atoms with Crippen molar-refractivity contribution in [1.29, 1.82) is 0 Å². The van der Waals surface area contributed by atoms with Crippen molar-refractivity contribution in [2.24, 2.45) is 0 Å². The van der Waals surface area contributed by atoms with Crippen LogP contribution in [-0.4, -0.2) is 60.0 Å². The molecule has 0 aromatic heterocycles. The van der Waals surface area contributed by atoms with Crippen molar-refractivity contribution in [3.63, 3.8) is 0 Å². The van der Waals surface area contributed by atoms with Crippen molar-refractivity contribution >= 4 is 0 Å². The highest BCUT2D eigenvalue weighted by Gasteiger charge is 2.21. The van der Waals surface area contributed by atoms with Crippen LogP contribution >= 0.6 is 0 Å². The zero-order chi connectivity index (χ0) is 11.1. The van der Waals surface area contributed by atoms with E-state index in [0.717, 1.165) is 26.1 Å². The molecule has 1 fully saturated rings. The first-order valence-corrected chi connectivity index (χ1v) is 6.01. The van der Waals surface area contributed by atoms with Crippen LogP contribution in [0.25, 0.3) is 0 Å². The predicted octanol–water partition coefficient (Wildman–Crippen LogP) is -0.196. The molecular weight excluding hydrogens is 192 g/mol. The Hall–Kier alpha value is -0.160. The first-order valence-electron chi connectivity index (χ1n) is 6.01. The van der Waals surface area contributed by atoms with E-state index in [2.05, 4.69) is 17.1 Å². The van der Waals surface area contributed by atoms with Gasteiger partial charge in [0.05, 0.1) is 12.7 Å². The van der Waals surface area contributed by atoms with E-state index in [0.29, 0.717) is 12.6 Å². The summed E-state index contributed by atoms with van der Waals surface area (Å²) in [6.07, 6.45) is 2.90. The van der Waals surface area contributed by atoms with Gasteiger partial charge in [-0.3, -0.25) is 4.90 Å². The molecule has 1 rings (SSSR count). The van der Waals surface area contributed by atoms with Crippen LogP contribution in [0.4, 0.5) is 0 Å². The Bertz CT molecular complexity index is 161. The highest BCUT2D eigenvalue weighted by Crippen LogP contribution is 2.11. The molecule has 0 aromatic rings. The molecule has 90 valence electrons. The molecule has 0 radical (unpaired) electrons. The first-order chi connectivity index (χ1) is 7.27. The molecule has 2 unspecified atom stereocenters. The summed E-state index contributed by atoms with van der Waals surface area (Å²) in [6.45, 7) is 5.73. The van der Waals surface area contributed by atoms with E-state index in [1.807, 2.05) is 0 Å². The summed E-state index contributed by atoms with van der Waals surface area (Å²) in [5.41, 5.74) is 0. The smallest absolute Gasteiger partial charge is 0.0897 e. The molecular formula is C11H24N2O2. The molecule has 0 aromatic carbocycles. The van der Waals surface area contributed by atoms with E-state index >= 15 is 0 Å². The van der Waals surface area contributed by atoms with Gasteiger partial charge >= 0.3 is 0 Å². The maximum Gasteiger partial charge on any atom is 0.0897 e. The van der Waals surface area contributed by atoms with Crippen molar-refractivity contribution in [1.82, 2.24) is 10.2 Å². The molecule has 0 amide bonds. The second kappa shape index (κ2) is 7.17. The summed E-state index contributed by atoms with van der Waals surface area (Å²) in [5.74, 6) is 0. The maximum atomic E-state index is 9.47. The third-order valence-electron chi connectivity index (χ3n) is 2.95. The molecule has 2 atom stereocenters. The zero-order valence-electron chi connectivity index (χ0n) is 9.65. The largest absolute Gasteiger partial charge is 0.394 e. The Balaban J connectivity index is 2.39. The molecule has 15 heavy (non-hydrogen) atoms. The maximum absolute atomic E-state index is 9.47. The number of hydrogen-bond acceptors (Lipinski definition) is 4. The third-order valence-corrected chi connectivity index (χ3v) is 2.95. The zero-order valence-corrected chi connectivity index (χ0v) is 9.65. The van der Waals surface area contributed by atoms with Crippen molar-refractivity contribution < 1.29 is 10.2 Å². The van der Waals surface area contributed by atoms with Gasteiger partial charge in [-0.05, 0) is 32.4 Å². The van der Waals surface area contributed by atoms with Gasteiger partial charge in [-0.1, -0.05) is 6.92 Å². The SMILES string of the molecule is CCCN(CC(O)CO)C1CCCNC1. The topological polar surface area (TPSA) is 55.7 Å². The van der Waals surface area contributed by atoms with E-state index < -0.39 is 6.10 Å². The Morgan fingerprint density at radius 2 is 2.33 bits per heavy atom. The van der Waals surface area contributed by atoms with E-state index in [1.165, 1.54) is 12.8 Å². The van der Waals surface area contributed by atoms with Crippen molar-refractivity contribution in [3.8, 4) is 0 Å². The first kappa shape index (κ1) is 12.9. The standard InChI is InChI=1S/C11H24N2O2/c1-2-6-13(8-11(15)9-14)10-4-3-5-12-7-10/h10-12,14-15H,2-9H2,1H3. The molecule has 0 bridgehead atoms. The van der Waals surface area contributed by atoms with Crippen LogP contribution in [0.15, 0.2) is 0 Å². The molecule has 3 N–H and O–H groups in total. The summed E-state index contributed by atoms with van der Waals surface area (Å²) >= 11 is 0. The van der Waals surface area contributed by atoms with Crippen molar-refractivity contribution in [2.75, 3.05) is 32.8 Å². The minimum absolute atomic E-state index is 0.139. The molecule has 1 saturated heterocycles. The average molecular weight is 216 g/mol. The average Bonchev–Trinajstić information content (AvgIpc) is 2.29. The Morgan fingerprint density at radius 3 is 2.87 bits per heavy atom. The molecule has 0 aliphatic carbocycles. The van der Waals surface area contributed by atoms with Gasteiger partial charge in [0, 0.05) is 19.1 Å². The second-order valence-electron chi connectivity index (χ2n) is 4.33. The molecule has 4 nitrogen and oxygen atoms in total. The number of piperidine rings is 1. The highest BCUT2D eigenvalue weighted by molar-refractivity contribution is 4.79. The highest BCUT2D eigenvalue weighted by atomic mass is 16.3. The van der Waals surface area contributed by atoms with Gasteiger partial charge in [-0.25, -0.2) is 0 Å². The Labute approximate surface area is 92.3 Å². The number of nitrogens with one attached hydrogen (secondary N) is 1. The van der Waals surface area contributed by atoms with Crippen LogP contribution < -0.4 is 5.32 Å². The van der Waals surface area contributed by atoms with E-state index in [-0.39, 0.29) is 6.61 Å². The lowest BCUT2D eigenvalue weighted by atomic mass is 10.1. The van der Waals surface area contributed by atoms with Crippen LogP contribution in [0.2, 0.25) is 0 Å². The van der Waals surface area contributed by atoms with Crippen LogP contribution in [0, 0.1) is 0 Å². The fourth-order valence-corrected chi connectivity index (χ4v) is 2.18. The summed E-state index contributed by atoms with van der Waals surface area (Å²) in [7, 11) is 0. The fourth-order valence-electron chi connectivity index (χ4n) is 2.18. The quantitative estimate of drug-likeness (QED) is 0.576. The number of nitrogens with zero attached hydrogens (tertiary/aromatic N) is 1. The van der Waals surface area contributed by atoms with Crippen LogP contribution in [-0.2, 0) is 0 Å². The summed E-state index contributed by atoms with van der Waals surface area (Å²) < 4.78 is 0. The van der Waals surface area contributed by atoms with Gasteiger partial charge in [0.1, 0.15) is 0 Å². The molecule has 0 saturated carbocycles. The summed E-state index contributed by atoms with van der Waals surface area (Å²) in [5, 5.41) is 21.7. The van der Waals surface area contributed by atoms with Crippen molar-refractivity contribution in [3.05, 3.63) is 0 Å². The van der Waals surface area contributed by atoms with E-state index in [1.54, 1.807) is 0 Å². The lowest BCUT2D eigenvalue weighted by Crippen LogP contribution is -2.49.